The van der Waals surface area contributed by atoms with Crippen molar-refractivity contribution < 1.29 is 8.42 Å². The number of rotatable bonds is 6. The third kappa shape index (κ3) is 5.04. The van der Waals surface area contributed by atoms with Gasteiger partial charge in [-0.15, -0.1) is 0 Å². The number of aryl methyl sites for hydroxylation is 1. The molecule has 2 aromatic rings. The van der Waals surface area contributed by atoms with Crippen LogP contribution in [0.15, 0.2) is 18.5 Å². The molecule has 9 heteroatoms. The molecule has 0 radical (unpaired) electrons. The standard InChI is InChI=1S/C18H28N6O2S/c1-12(2)24-13(3)20-11-17(24)16-9-10-19-18(22-16)21-14-5-7-15(8-6-14)23-27(4,25)26/h9-12,14-15,23H,5-8H2,1-4H3,(H,19,21,22)/t14-,15-. The molecule has 27 heavy (non-hydrogen) atoms. The lowest BCUT2D eigenvalue weighted by Crippen LogP contribution is -2.39. The highest BCUT2D eigenvalue weighted by Crippen LogP contribution is 2.25. The van der Waals surface area contributed by atoms with E-state index in [1.165, 1.54) is 6.26 Å². The van der Waals surface area contributed by atoms with Crippen LogP contribution < -0.4 is 10.0 Å². The quantitative estimate of drug-likeness (QED) is 0.783. The van der Waals surface area contributed by atoms with Crippen molar-refractivity contribution in [1.29, 1.82) is 0 Å². The summed E-state index contributed by atoms with van der Waals surface area (Å²) in [6.07, 6.45) is 8.19. The van der Waals surface area contributed by atoms with Crippen molar-refractivity contribution in [3.05, 3.63) is 24.3 Å². The van der Waals surface area contributed by atoms with Crippen LogP contribution in [-0.2, 0) is 10.0 Å². The molecule has 8 nitrogen and oxygen atoms in total. The minimum absolute atomic E-state index is 0.0219. The lowest BCUT2D eigenvalue weighted by Gasteiger charge is -2.29. The van der Waals surface area contributed by atoms with Gasteiger partial charge in [-0.2, -0.15) is 0 Å². The summed E-state index contributed by atoms with van der Waals surface area (Å²) in [6.45, 7) is 6.25. The molecule has 1 saturated carbocycles. The largest absolute Gasteiger partial charge is 0.351 e. The van der Waals surface area contributed by atoms with Crippen molar-refractivity contribution in [3.63, 3.8) is 0 Å². The van der Waals surface area contributed by atoms with E-state index in [4.69, 9.17) is 0 Å². The number of hydrogen-bond donors (Lipinski definition) is 2. The van der Waals surface area contributed by atoms with Crippen molar-refractivity contribution in [2.75, 3.05) is 11.6 Å². The molecule has 0 amide bonds. The zero-order chi connectivity index (χ0) is 19.6. The molecule has 1 fully saturated rings. The van der Waals surface area contributed by atoms with E-state index in [1.54, 1.807) is 6.20 Å². The van der Waals surface area contributed by atoms with Gasteiger partial charge in [-0.25, -0.2) is 28.1 Å². The van der Waals surface area contributed by atoms with Gasteiger partial charge in [0.2, 0.25) is 16.0 Å². The molecular weight excluding hydrogens is 364 g/mol. The predicted molar refractivity (Wildman–Crippen MR) is 106 cm³/mol. The van der Waals surface area contributed by atoms with Crippen molar-refractivity contribution in [1.82, 2.24) is 24.2 Å². The van der Waals surface area contributed by atoms with Crippen LogP contribution in [0.25, 0.3) is 11.4 Å². The highest BCUT2D eigenvalue weighted by atomic mass is 32.2. The Morgan fingerprint density at radius 1 is 1.15 bits per heavy atom. The third-order valence-corrected chi connectivity index (χ3v) is 5.62. The molecule has 2 heterocycles. The Hall–Kier alpha value is -2.00. The van der Waals surface area contributed by atoms with E-state index in [-0.39, 0.29) is 12.1 Å². The van der Waals surface area contributed by atoms with Gasteiger partial charge < -0.3 is 9.88 Å². The topological polar surface area (TPSA) is 102 Å². The van der Waals surface area contributed by atoms with E-state index in [9.17, 15) is 8.42 Å². The van der Waals surface area contributed by atoms with Crippen LogP contribution in [0.5, 0.6) is 0 Å². The van der Waals surface area contributed by atoms with Gasteiger partial charge in [0.05, 0.1) is 23.8 Å². The number of hydrogen-bond acceptors (Lipinski definition) is 6. The zero-order valence-corrected chi connectivity index (χ0v) is 17.1. The molecule has 1 aliphatic rings. The van der Waals surface area contributed by atoms with E-state index < -0.39 is 10.0 Å². The molecule has 0 saturated heterocycles. The smallest absolute Gasteiger partial charge is 0.223 e. The first-order valence-electron chi connectivity index (χ1n) is 9.34. The predicted octanol–water partition coefficient (Wildman–Crippen LogP) is 2.50. The third-order valence-electron chi connectivity index (χ3n) is 4.86. The highest BCUT2D eigenvalue weighted by molar-refractivity contribution is 7.88. The first-order chi connectivity index (χ1) is 12.7. The Morgan fingerprint density at radius 3 is 2.44 bits per heavy atom. The number of sulfonamides is 1. The Bertz CT molecular complexity index is 885. The van der Waals surface area contributed by atoms with Gasteiger partial charge in [0.1, 0.15) is 5.82 Å². The Morgan fingerprint density at radius 2 is 1.81 bits per heavy atom. The van der Waals surface area contributed by atoms with Crippen molar-refractivity contribution in [3.8, 4) is 11.4 Å². The molecule has 0 bridgehead atoms. The van der Waals surface area contributed by atoms with E-state index in [1.807, 2.05) is 19.2 Å². The molecular formula is C18H28N6O2S. The van der Waals surface area contributed by atoms with Gasteiger partial charge in [-0.3, -0.25) is 0 Å². The maximum absolute atomic E-state index is 11.4. The van der Waals surface area contributed by atoms with Gasteiger partial charge in [0.25, 0.3) is 0 Å². The van der Waals surface area contributed by atoms with Crippen LogP contribution in [0.2, 0.25) is 0 Å². The number of nitrogens with one attached hydrogen (secondary N) is 2. The van der Waals surface area contributed by atoms with Crippen LogP contribution >= 0.6 is 0 Å². The molecule has 0 aromatic carbocycles. The maximum Gasteiger partial charge on any atom is 0.223 e. The van der Waals surface area contributed by atoms with Crippen LogP contribution in [0.4, 0.5) is 5.95 Å². The second-order valence-corrected chi connectivity index (χ2v) is 9.28. The van der Waals surface area contributed by atoms with Crippen molar-refractivity contribution >= 4 is 16.0 Å². The summed E-state index contributed by atoms with van der Waals surface area (Å²) in [5.74, 6) is 1.56. The minimum atomic E-state index is -3.15. The van der Waals surface area contributed by atoms with Gasteiger partial charge in [0, 0.05) is 24.3 Å². The molecule has 2 aromatic heterocycles. The highest BCUT2D eigenvalue weighted by Gasteiger charge is 2.24. The van der Waals surface area contributed by atoms with E-state index in [2.05, 4.69) is 43.4 Å². The average molecular weight is 393 g/mol. The zero-order valence-electron chi connectivity index (χ0n) is 16.3. The average Bonchev–Trinajstić information content (AvgIpc) is 2.97. The summed E-state index contributed by atoms with van der Waals surface area (Å²) in [5.41, 5.74) is 1.82. The van der Waals surface area contributed by atoms with Crippen molar-refractivity contribution in [2.24, 2.45) is 0 Å². The summed E-state index contributed by atoms with van der Waals surface area (Å²) in [4.78, 5) is 13.5. The van der Waals surface area contributed by atoms with E-state index >= 15 is 0 Å². The molecule has 148 valence electrons. The number of anilines is 1. The Balaban J connectivity index is 1.67. The summed E-state index contributed by atoms with van der Waals surface area (Å²) >= 11 is 0. The van der Waals surface area contributed by atoms with Gasteiger partial charge in [0.15, 0.2) is 0 Å². The number of aromatic nitrogens is 4. The number of imidazole rings is 1. The molecule has 0 aliphatic heterocycles. The molecule has 0 unspecified atom stereocenters. The molecule has 1 aliphatic carbocycles. The summed E-state index contributed by atoms with van der Waals surface area (Å²) in [6, 6.07) is 2.46. The number of nitrogens with zero attached hydrogens (tertiary/aromatic N) is 4. The molecule has 2 N–H and O–H groups in total. The monoisotopic (exact) mass is 392 g/mol. The molecule has 0 spiro atoms. The van der Waals surface area contributed by atoms with Crippen molar-refractivity contribution in [2.45, 2.75) is 64.6 Å². The normalized spacial score (nSPS) is 20.8. The van der Waals surface area contributed by atoms with E-state index in [0.717, 1.165) is 42.9 Å². The van der Waals surface area contributed by atoms with Gasteiger partial charge in [-0.1, -0.05) is 0 Å². The lowest BCUT2D eigenvalue weighted by molar-refractivity contribution is 0.387. The first kappa shape index (κ1) is 19.8. The van der Waals surface area contributed by atoms with Gasteiger partial charge >= 0.3 is 0 Å². The second kappa shape index (κ2) is 7.93. The fourth-order valence-corrected chi connectivity index (χ4v) is 4.55. The minimum Gasteiger partial charge on any atom is -0.351 e. The summed E-state index contributed by atoms with van der Waals surface area (Å²) < 4.78 is 27.6. The van der Waals surface area contributed by atoms with Crippen LogP contribution in [-0.4, -0.2) is 46.3 Å². The summed E-state index contributed by atoms with van der Waals surface area (Å²) in [7, 11) is -3.15. The van der Waals surface area contributed by atoms with Crippen LogP contribution in [0.1, 0.15) is 51.4 Å². The fraction of sp³-hybridized carbons (Fsp3) is 0.611. The Labute approximate surface area is 160 Å². The van der Waals surface area contributed by atoms with E-state index in [0.29, 0.717) is 12.0 Å². The molecule has 3 rings (SSSR count). The second-order valence-electron chi connectivity index (χ2n) is 7.50. The Kier molecular flexibility index (Phi) is 5.81. The fourth-order valence-electron chi connectivity index (χ4n) is 3.71. The first-order valence-corrected chi connectivity index (χ1v) is 11.2. The van der Waals surface area contributed by atoms with Crippen LogP contribution in [0.3, 0.4) is 0 Å². The van der Waals surface area contributed by atoms with Gasteiger partial charge in [-0.05, 0) is 52.5 Å². The SMILES string of the molecule is Cc1ncc(-c2ccnc(N[C@H]3CC[C@H](NS(C)(=O)=O)CC3)n2)n1C(C)C. The summed E-state index contributed by atoms with van der Waals surface area (Å²) in [5, 5.41) is 3.40. The maximum atomic E-state index is 11.4. The molecule has 0 atom stereocenters. The lowest BCUT2D eigenvalue weighted by atomic mass is 9.92. The van der Waals surface area contributed by atoms with Crippen LogP contribution in [0, 0.1) is 6.92 Å².